The minimum absolute atomic E-state index is 0.248. The van der Waals surface area contributed by atoms with E-state index in [2.05, 4.69) is 40.5 Å². The molecule has 33 heavy (non-hydrogen) atoms. The van der Waals surface area contributed by atoms with E-state index < -0.39 is 0 Å². The number of aromatic nitrogens is 6. The fourth-order valence-corrected chi connectivity index (χ4v) is 2.95. The Labute approximate surface area is 189 Å². The van der Waals surface area contributed by atoms with E-state index in [1.165, 1.54) is 12.7 Å². The standard InChI is InChI=1S/C23H20N8O2/c32-22(20-12-18(28-14-30-20)16-6-1-3-8-24-16)26-10-5-11-27-23(33)21-13-19(29-15-31-21)17-7-2-4-9-25-17/h1-4,6-9,12-15H,5,10-11H2,(H,26,32)(H,27,33). The van der Waals surface area contributed by atoms with Crippen LogP contribution in [0.1, 0.15) is 27.4 Å². The van der Waals surface area contributed by atoms with Crippen molar-refractivity contribution in [1.82, 2.24) is 40.5 Å². The second-order valence-electron chi connectivity index (χ2n) is 6.87. The summed E-state index contributed by atoms with van der Waals surface area (Å²) in [7, 11) is 0. The summed E-state index contributed by atoms with van der Waals surface area (Å²) in [4.78, 5) is 49.6. The van der Waals surface area contributed by atoms with Crippen LogP contribution in [0.4, 0.5) is 0 Å². The van der Waals surface area contributed by atoms with Crippen LogP contribution in [0.5, 0.6) is 0 Å². The van der Waals surface area contributed by atoms with E-state index in [1.54, 1.807) is 36.7 Å². The lowest BCUT2D eigenvalue weighted by Crippen LogP contribution is -2.30. The Morgan fingerprint density at radius 1 is 0.606 bits per heavy atom. The van der Waals surface area contributed by atoms with Crippen LogP contribution in [0.3, 0.4) is 0 Å². The van der Waals surface area contributed by atoms with Gasteiger partial charge in [-0.15, -0.1) is 0 Å². The molecule has 4 aromatic heterocycles. The second-order valence-corrected chi connectivity index (χ2v) is 6.87. The topological polar surface area (TPSA) is 136 Å². The van der Waals surface area contributed by atoms with Gasteiger partial charge in [-0.2, -0.15) is 0 Å². The van der Waals surface area contributed by atoms with Gasteiger partial charge in [0.15, 0.2) is 0 Å². The van der Waals surface area contributed by atoms with Gasteiger partial charge in [0, 0.05) is 25.5 Å². The molecule has 0 aromatic carbocycles. The van der Waals surface area contributed by atoms with Crippen molar-refractivity contribution in [2.45, 2.75) is 6.42 Å². The van der Waals surface area contributed by atoms with Crippen LogP contribution in [-0.2, 0) is 0 Å². The molecule has 0 saturated carbocycles. The molecule has 0 fully saturated rings. The minimum Gasteiger partial charge on any atom is -0.351 e. The molecule has 0 spiro atoms. The van der Waals surface area contributed by atoms with Gasteiger partial charge in [-0.25, -0.2) is 19.9 Å². The van der Waals surface area contributed by atoms with Gasteiger partial charge < -0.3 is 10.6 Å². The fourth-order valence-electron chi connectivity index (χ4n) is 2.95. The normalized spacial score (nSPS) is 10.4. The third kappa shape index (κ3) is 5.76. The molecule has 4 heterocycles. The zero-order valence-electron chi connectivity index (χ0n) is 17.5. The van der Waals surface area contributed by atoms with Crippen LogP contribution >= 0.6 is 0 Å². The highest BCUT2D eigenvalue weighted by Gasteiger charge is 2.11. The van der Waals surface area contributed by atoms with Gasteiger partial charge in [-0.05, 0) is 42.8 Å². The zero-order chi connectivity index (χ0) is 22.9. The fraction of sp³-hybridized carbons (Fsp3) is 0.130. The number of carbonyl (C=O) groups excluding carboxylic acids is 2. The number of hydrogen-bond donors (Lipinski definition) is 2. The van der Waals surface area contributed by atoms with E-state index in [9.17, 15) is 9.59 Å². The Balaban J connectivity index is 1.25. The van der Waals surface area contributed by atoms with Crippen molar-refractivity contribution < 1.29 is 9.59 Å². The van der Waals surface area contributed by atoms with Crippen LogP contribution in [0, 0.1) is 0 Å². The molecule has 2 N–H and O–H groups in total. The Kier molecular flexibility index (Phi) is 6.96. The predicted octanol–water partition coefficient (Wildman–Crippen LogP) is 1.94. The van der Waals surface area contributed by atoms with E-state index in [0.717, 1.165) is 0 Å². The van der Waals surface area contributed by atoms with Crippen LogP contribution in [0.15, 0.2) is 73.6 Å². The first-order chi connectivity index (χ1) is 16.2. The van der Waals surface area contributed by atoms with Crippen LogP contribution in [0.25, 0.3) is 22.8 Å². The summed E-state index contributed by atoms with van der Waals surface area (Å²) in [5.41, 5.74) is 2.95. The Morgan fingerprint density at radius 2 is 1.09 bits per heavy atom. The first-order valence-corrected chi connectivity index (χ1v) is 10.2. The van der Waals surface area contributed by atoms with Crippen molar-refractivity contribution in [3.8, 4) is 22.8 Å². The molecule has 164 valence electrons. The maximum Gasteiger partial charge on any atom is 0.270 e. The molecule has 10 nitrogen and oxygen atoms in total. The molecule has 0 aliphatic carbocycles. The highest BCUT2D eigenvalue weighted by Crippen LogP contribution is 2.14. The van der Waals surface area contributed by atoms with Crippen molar-refractivity contribution in [2.75, 3.05) is 13.1 Å². The number of hydrogen-bond acceptors (Lipinski definition) is 8. The first-order valence-electron chi connectivity index (χ1n) is 10.2. The average Bonchev–Trinajstić information content (AvgIpc) is 2.89. The van der Waals surface area contributed by atoms with Gasteiger partial charge in [0.1, 0.15) is 24.0 Å². The summed E-state index contributed by atoms with van der Waals surface area (Å²) in [5.74, 6) is -0.645. The lowest BCUT2D eigenvalue weighted by molar-refractivity contribution is 0.0946. The number of nitrogens with one attached hydrogen (secondary N) is 2. The maximum absolute atomic E-state index is 12.4. The quantitative estimate of drug-likeness (QED) is 0.397. The smallest absolute Gasteiger partial charge is 0.270 e. The number of pyridine rings is 2. The summed E-state index contributed by atoms with van der Waals surface area (Å²) >= 11 is 0. The van der Waals surface area contributed by atoms with Crippen LogP contribution in [0.2, 0.25) is 0 Å². The largest absolute Gasteiger partial charge is 0.351 e. The molecule has 0 aliphatic heterocycles. The molecule has 0 bridgehead atoms. The molecule has 4 rings (SSSR count). The predicted molar refractivity (Wildman–Crippen MR) is 120 cm³/mol. The second kappa shape index (κ2) is 10.6. The van der Waals surface area contributed by atoms with Gasteiger partial charge in [-0.1, -0.05) is 12.1 Å². The molecule has 0 unspecified atom stereocenters. The highest BCUT2D eigenvalue weighted by molar-refractivity contribution is 5.93. The highest BCUT2D eigenvalue weighted by atomic mass is 16.2. The molecule has 4 aromatic rings. The van der Waals surface area contributed by atoms with Crippen molar-refractivity contribution in [3.05, 3.63) is 85.0 Å². The first kappa shape index (κ1) is 21.6. The summed E-state index contributed by atoms with van der Waals surface area (Å²) in [6.07, 6.45) is 6.52. The molecule has 0 aliphatic rings. The Bertz CT molecular complexity index is 1140. The SMILES string of the molecule is O=C(NCCCNC(=O)c1cc(-c2ccccn2)ncn1)c1cc(-c2ccccn2)ncn1. The van der Waals surface area contributed by atoms with Crippen molar-refractivity contribution in [1.29, 1.82) is 0 Å². The van der Waals surface area contributed by atoms with Crippen molar-refractivity contribution in [2.24, 2.45) is 0 Å². The number of nitrogens with zero attached hydrogens (tertiary/aromatic N) is 6. The van der Waals surface area contributed by atoms with Gasteiger partial charge in [0.25, 0.3) is 11.8 Å². The summed E-state index contributed by atoms with van der Waals surface area (Å²) in [6.45, 7) is 0.732. The maximum atomic E-state index is 12.4. The molecule has 2 amide bonds. The molecular weight excluding hydrogens is 420 g/mol. The van der Waals surface area contributed by atoms with Gasteiger partial charge in [0.05, 0.1) is 22.8 Å². The third-order valence-electron chi connectivity index (χ3n) is 4.58. The molecule has 10 heteroatoms. The van der Waals surface area contributed by atoms with Gasteiger partial charge >= 0.3 is 0 Å². The Morgan fingerprint density at radius 3 is 1.52 bits per heavy atom. The summed E-state index contributed by atoms with van der Waals surface area (Å²) in [6, 6.07) is 14.1. The molecular formula is C23H20N8O2. The van der Waals surface area contributed by atoms with Crippen molar-refractivity contribution >= 4 is 11.8 Å². The lowest BCUT2D eigenvalue weighted by atomic mass is 10.2. The zero-order valence-corrected chi connectivity index (χ0v) is 17.5. The molecule has 0 saturated heterocycles. The van der Waals surface area contributed by atoms with Crippen LogP contribution in [-0.4, -0.2) is 54.8 Å². The third-order valence-corrected chi connectivity index (χ3v) is 4.58. The number of carbonyl (C=O) groups is 2. The lowest BCUT2D eigenvalue weighted by Gasteiger charge is -2.07. The minimum atomic E-state index is -0.322. The van der Waals surface area contributed by atoms with Gasteiger partial charge in [0.2, 0.25) is 0 Å². The molecule has 0 radical (unpaired) electrons. The number of rotatable bonds is 8. The summed E-state index contributed by atoms with van der Waals surface area (Å²) in [5, 5.41) is 5.57. The summed E-state index contributed by atoms with van der Waals surface area (Å²) < 4.78 is 0. The van der Waals surface area contributed by atoms with E-state index in [-0.39, 0.29) is 23.2 Å². The van der Waals surface area contributed by atoms with E-state index >= 15 is 0 Å². The Hall–Kier alpha value is -4.60. The number of amides is 2. The van der Waals surface area contributed by atoms with Crippen LogP contribution < -0.4 is 10.6 Å². The van der Waals surface area contributed by atoms with Gasteiger partial charge in [-0.3, -0.25) is 19.6 Å². The average molecular weight is 440 g/mol. The van der Waals surface area contributed by atoms with E-state index in [4.69, 9.17) is 0 Å². The van der Waals surface area contributed by atoms with E-state index in [1.807, 2.05) is 24.3 Å². The van der Waals surface area contributed by atoms with Crippen molar-refractivity contribution in [3.63, 3.8) is 0 Å². The monoisotopic (exact) mass is 440 g/mol. The van der Waals surface area contributed by atoms with E-state index in [0.29, 0.717) is 42.3 Å². The molecule has 0 atom stereocenters.